The Morgan fingerprint density at radius 3 is 2.73 bits per heavy atom. The largest absolute Gasteiger partial charge is 0.494 e. The molecule has 2 unspecified atom stereocenters. The van der Waals surface area contributed by atoms with Crippen LogP contribution in [0.5, 0.6) is 5.75 Å². The first-order valence-corrected chi connectivity index (χ1v) is 13.9. The van der Waals surface area contributed by atoms with Crippen LogP contribution in [0.1, 0.15) is 42.0 Å². The Labute approximate surface area is 239 Å². The molecule has 2 aromatic carbocycles. The zero-order chi connectivity index (χ0) is 28.9. The molecular formula is C31H37FN4O5. The van der Waals surface area contributed by atoms with Gasteiger partial charge in [-0.05, 0) is 78.7 Å². The monoisotopic (exact) mass is 564 g/mol. The molecule has 218 valence electrons. The highest BCUT2D eigenvalue weighted by atomic mass is 19.1. The standard InChI is InChI=1S/C31H37FN4O5/c32-27-10-8-23(9-11-27)21-40-22-29(37)34-14-1-2-16-41-28-7-3-5-24(17-28)19-36-15-12-26(20-36)30(35-31(38)39)25-6-4-13-33-18-25/h3-11,13,17-18,26,30,35H,1-2,12,14-16,19-22H2,(H,34,37)(H,38,39). The number of amides is 2. The number of rotatable bonds is 15. The number of halogens is 1. The minimum Gasteiger partial charge on any atom is -0.494 e. The first kappa shape index (κ1) is 30.0. The van der Waals surface area contributed by atoms with E-state index in [4.69, 9.17) is 9.47 Å². The minimum atomic E-state index is -1.03. The molecule has 0 spiro atoms. The van der Waals surface area contributed by atoms with E-state index in [0.717, 1.165) is 61.3 Å². The maximum atomic E-state index is 12.9. The van der Waals surface area contributed by atoms with E-state index in [9.17, 15) is 19.1 Å². The second kappa shape index (κ2) is 15.7. The molecule has 4 rings (SSSR count). The van der Waals surface area contributed by atoms with Gasteiger partial charge >= 0.3 is 6.09 Å². The molecule has 0 saturated carbocycles. The van der Waals surface area contributed by atoms with Gasteiger partial charge in [-0.3, -0.25) is 14.7 Å². The molecule has 2 amide bonds. The maximum absolute atomic E-state index is 12.9. The van der Waals surface area contributed by atoms with Crippen LogP contribution in [0, 0.1) is 11.7 Å². The third-order valence-corrected chi connectivity index (χ3v) is 6.98. The fourth-order valence-electron chi connectivity index (χ4n) is 4.97. The zero-order valence-corrected chi connectivity index (χ0v) is 23.0. The van der Waals surface area contributed by atoms with Crippen molar-refractivity contribution in [2.75, 3.05) is 32.8 Å². The summed E-state index contributed by atoms with van der Waals surface area (Å²) >= 11 is 0. The smallest absolute Gasteiger partial charge is 0.405 e. The lowest BCUT2D eigenvalue weighted by atomic mass is 9.93. The number of benzene rings is 2. The number of likely N-dealkylation sites (tertiary alicyclic amines) is 1. The number of carboxylic acid groups (broad SMARTS) is 1. The number of ether oxygens (including phenoxy) is 2. The van der Waals surface area contributed by atoms with Crippen molar-refractivity contribution in [1.29, 1.82) is 0 Å². The van der Waals surface area contributed by atoms with Crippen LogP contribution in [0.4, 0.5) is 9.18 Å². The number of nitrogens with one attached hydrogen (secondary N) is 2. The summed E-state index contributed by atoms with van der Waals surface area (Å²) in [5, 5.41) is 14.9. The van der Waals surface area contributed by atoms with Gasteiger partial charge in [-0.15, -0.1) is 0 Å². The average Bonchev–Trinajstić information content (AvgIpc) is 3.43. The fourth-order valence-corrected chi connectivity index (χ4v) is 4.97. The van der Waals surface area contributed by atoms with Crippen molar-refractivity contribution >= 4 is 12.0 Å². The van der Waals surface area contributed by atoms with Crippen LogP contribution in [0.3, 0.4) is 0 Å². The van der Waals surface area contributed by atoms with Crippen molar-refractivity contribution in [3.63, 3.8) is 0 Å². The average molecular weight is 565 g/mol. The Bertz CT molecular complexity index is 1240. The van der Waals surface area contributed by atoms with Gasteiger partial charge < -0.3 is 25.2 Å². The molecule has 1 aliphatic heterocycles. The molecule has 3 aromatic rings. The van der Waals surface area contributed by atoms with Crippen LogP contribution in [0.2, 0.25) is 0 Å². The summed E-state index contributed by atoms with van der Waals surface area (Å²) < 4.78 is 24.2. The summed E-state index contributed by atoms with van der Waals surface area (Å²) in [6.45, 7) is 3.72. The van der Waals surface area contributed by atoms with Gasteiger partial charge in [0.05, 0.1) is 19.3 Å². The number of aromatic nitrogens is 1. The van der Waals surface area contributed by atoms with Gasteiger partial charge in [-0.1, -0.05) is 30.3 Å². The molecule has 3 N–H and O–H groups in total. The molecule has 1 fully saturated rings. The van der Waals surface area contributed by atoms with Gasteiger partial charge in [0.2, 0.25) is 5.91 Å². The summed E-state index contributed by atoms with van der Waals surface area (Å²) in [6.07, 6.45) is 4.85. The van der Waals surface area contributed by atoms with Crippen molar-refractivity contribution in [1.82, 2.24) is 20.5 Å². The summed E-state index contributed by atoms with van der Waals surface area (Å²) in [5.74, 6) is 0.479. The summed E-state index contributed by atoms with van der Waals surface area (Å²) in [7, 11) is 0. The van der Waals surface area contributed by atoms with Crippen LogP contribution in [0.25, 0.3) is 0 Å². The fraction of sp³-hybridized carbons (Fsp3) is 0.387. The zero-order valence-electron chi connectivity index (χ0n) is 23.0. The van der Waals surface area contributed by atoms with Crippen LogP contribution in [0.15, 0.2) is 73.1 Å². The number of carbonyl (C=O) groups is 2. The first-order chi connectivity index (χ1) is 20.0. The van der Waals surface area contributed by atoms with Crippen molar-refractivity contribution in [3.8, 4) is 5.75 Å². The van der Waals surface area contributed by atoms with Crippen molar-refractivity contribution in [3.05, 3.63) is 95.6 Å². The molecule has 2 heterocycles. The number of hydrogen-bond donors (Lipinski definition) is 3. The molecule has 0 radical (unpaired) electrons. The molecular weight excluding hydrogens is 527 g/mol. The third kappa shape index (κ3) is 10.1. The second-order valence-corrected chi connectivity index (χ2v) is 10.2. The highest BCUT2D eigenvalue weighted by Gasteiger charge is 2.31. The highest BCUT2D eigenvalue weighted by molar-refractivity contribution is 5.77. The molecule has 0 bridgehead atoms. The Morgan fingerprint density at radius 1 is 1.10 bits per heavy atom. The number of unbranched alkanes of at least 4 members (excludes halogenated alkanes) is 1. The van der Waals surface area contributed by atoms with Gasteiger partial charge in [-0.2, -0.15) is 0 Å². The van der Waals surface area contributed by atoms with Gasteiger partial charge in [0.15, 0.2) is 0 Å². The number of hydrogen-bond acceptors (Lipinski definition) is 6. The molecule has 1 aliphatic rings. The topological polar surface area (TPSA) is 113 Å². The van der Waals surface area contributed by atoms with Crippen molar-refractivity contribution < 1.29 is 28.6 Å². The lowest BCUT2D eigenvalue weighted by molar-refractivity contribution is -0.126. The van der Waals surface area contributed by atoms with Gasteiger partial charge in [0.25, 0.3) is 0 Å². The summed E-state index contributed by atoms with van der Waals surface area (Å²) in [5.41, 5.74) is 2.83. The number of carbonyl (C=O) groups excluding carboxylic acids is 1. The van der Waals surface area contributed by atoms with Crippen LogP contribution in [-0.4, -0.2) is 59.8 Å². The normalized spacial score (nSPS) is 15.8. The Kier molecular flexibility index (Phi) is 11.5. The molecule has 10 heteroatoms. The summed E-state index contributed by atoms with van der Waals surface area (Å²) in [4.78, 5) is 29.9. The molecule has 1 aromatic heterocycles. The van der Waals surface area contributed by atoms with E-state index in [-0.39, 0.29) is 36.9 Å². The molecule has 0 aliphatic carbocycles. The Balaban J connectivity index is 1.12. The number of pyridine rings is 1. The van der Waals surface area contributed by atoms with E-state index < -0.39 is 6.09 Å². The molecule has 9 nitrogen and oxygen atoms in total. The predicted octanol–water partition coefficient (Wildman–Crippen LogP) is 4.54. The first-order valence-electron chi connectivity index (χ1n) is 13.9. The van der Waals surface area contributed by atoms with Gasteiger partial charge in [0.1, 0.15) is 18.2 Å². The van der Waals surface area contributed by atoms with Crippen LogP contribution >= 0.6 is 0 Å². The number of nitrogens with zero attached hydrogens (tertiary/aromatic N) is 2. The highest BCUT2D eigenvalue weighted by Crippen LogP contribution is 2.31. The Morgan fingerprint density at radius 2 is 1.95 bits per heavy atom. The van der Waals surface area contributed by atoms with E-state index in [1.807, 2.05) is 30.3 Å². The minimum absolute atomic E-state index is 0.0430. The third-order valence-electron chi connectivity index (χ3n) is 6.98. The second-order valence-electron chi connectivity index (χ2n) is 10.2. The maximum Gasteiger partial charge on any atom is 0.405 e. The van der Waals surface area contributed by atoms with Crippen LogP contribution < -0.4 is 15.4 Å². The SMILES string of the molecule is O=C(O)NC(c1cccnc1)C1CCN(Cc2cccc(OCCCCNC(=O)COCc3ccc(F)cc3)c2)C1. The lowest BCUT2D eigenvalue weighted by Crippen LogP contribution is -2.34. The van der Waals surface area contributed by atoms with Crippen molar-refractivity contribution in [2.45, 2.75) is 38.5 Å². The van der Waals surface area contributed by atoms with Crippen LogP contribution in [-0.2, 0) is 22.7 Å². The van der Waals surface area contributed by atoms with Crippen molar-refractivity contribution in [2.24, 2.45) is 5.92 Å². The van der Waals surface area contributed by atoms with E-state index in [1.54, 1.807) is 24.5 Å². The van der Waals surface area contributed by atoms with E-state index in [1.165, 1.54) is 12.1 Å². The molecule has 41 heavy (non-hydrogen) atoms. The lowest BCUT2D eigenvalue weighted by Gasteiger charge is -2.24. The van der Waals surface area contributed by atoms with E-state index >= 15 is 0 Å². The van der Waals surface area contributed by atoms with Gasteiger partial charge in [-0.25, -0.2) is 9.18 Å². The Hall–Kier alpha value is -4.02. The molecule has 1 saturated heterocycles. The molecule has 2 atom stereocenters. The van der Waals surface area contributed by atoms with Gasteiger partial charge in [0, 0.05) is 32.0 Å². The van der Waals surface area contributed by atoms with E-state index in [0.29, 0.717) is 13.2 Å². The predicted molar refractivity (Wildman–Crippen MR) is 152 cm³/mol. The summed E-state index contributed by atoms with van der Waals surface area (Å²) in [6, 6.07) is 17.5. The quantitative estimate of drug-likeness (QED) is 0.232. The van der Waals surface area contributed by atoms with E-state index in [2.05, 4.69) is 26.6 Å².